The van der Waals surface area contributed by atoms with Crippen LogP contribution in [0.4, 0.5) is 8.78 Å². The van der Waals surface area contributed by atoms with Gasteiger partial charge in [-0.2, -0.15) is 5.10 Å². The van der Waals surface area contributed by atoms with E-state index in [9.17, 15) is 13.9 Å². The number of aromatic nitrogens is 2. The zero-order valence-corrected chi connectivity index (χ0v) is 19.2. The van der Waals surface area contributed by atoms with Crippen LogP contribution in [0.1, 0.15) is 37.4 Å². The van der Waals surface area contributed by atoms with Gasteiger partial charge in [-0.3, -0.25) is 4.90 Å². The zero-order chi connectivity index (χ0) is 23.8. The van der Waals surface area contributed by atoms with Crippen LogP contribution >= 0.6 is 0 Å². The molecule has 1 heterocycles. The highest BCUT2D eigenvalue weighted by Crippen LogP contribution is 2.32. The van der Waals surface area contributed by atoms with Crippen LogP contribution in [0, 0.1) is 18.6 Å². The second kappa shape index (κ2) is 11.7. The fraction of sp³-hybridized carbons (Fsp3) is 0.346. The molecule has 0 radical (unpaired) electrons. The standard InChI is InChI=1S/C26H31F2N3O2/c1-4-6-9-23(32)17-30(15-5-2)18-25-19(3)29-31(22-13-11-20(27)12-14-22)26(25)33-24-10-7-8-21(28)16-24/h4,7-8,10-14,16,23,32H,1,5-6,9,15,17-18H2,2-3H3/t23-/m1/s1. The monoisotopic (exact) mass is 455 g/mol. The Bertz CT molecular complexity index is 1050. The van der Waals surface area contributed by atoms with E-state index in [2.05, 4.69) is 23.5 Å². The molecule has 3 aromatic rings. The smallest absolute Gasteiger partial charge is 0.227 e. The Morgan fingerprint density at radius 1 is 1.18 bits per heavy atom. The quantitative estimate of drug-likeness (QED) is 0.351. The van der Waals surface area contributed by atoms with Gasteiger partial charge < -0.3 is 9.84 Å². The summed E-state index contributed by atoms with van der Waals surface area (Å²) in [5, 5.41) is 15.1. The molecule has 1 aromatic heterocycles. The average molecular weight is 456 g/mol. The lowest BCUT2D eigenvalue weighted by Gasteiger charge is -2.25. The van der Waals surface area contributed by atoms with Crippen LogP contribution in [0.2, 0.25) is 0 Å². The van der Waals surface area contributed by atoms with Crippen molar-refractivity contribution < 1.29 is 18.6 Å². The van der Waals surface area contributed by atoms with Crippen molar-refractivity contribution in [3.63, 3.8) is 0 Å². The molecule has 0 bridgehead atoms. The first-order valence-electron chi connectivity index (χ1n) is 11.2. The van der Waals surface area contributed by atoms with Crippen LogP contribution < -0.4 is 4.74 Å². The SMILES string of the molecule is C=CCC[C@@H](O)CN(CCC)Cc1c(C)nn(-c2ccc(F)cc2)c1Oc1cccc(F)c1. The van der Waals surface area contributed by atoms with Crippen molar-refractivity contribution in [1.82, 2.24) is 14.7 Å². The number of benzene rings is 2. The molecule has 7 heteroatoms. The maximum absolute atomic E-state index is 13.8. The van der Waals surface area contributed by atoms with Crippen molar-refractivity contribution in [3.8, 4) is 17.3 Å². The van der Waals surface area contributed by atoms with Gasteiger partial charge in [-0.05, 0) is 69.1 Å². The maximum Gasteiger partial charge on any atom is 0.227 e. The summed E-state index contributed by atoms with van der Waals surface area (Å²) in [4.78, 5) is 2.16. The molecule has 0 fully saturated rings. The van der Waals surface area contributed by atoms with Crippen LogP contribution in [-0.4, -0.2) is 39.0 Å². The van der Waals surface area contributed by atoms with Crippen LogP contribution in [0.5, 0.6) is 11.6 Å². The van der Waals surface area contributed by atoms with Gasteiger partial charge in [0.05, 0.1) is 23.0 Å². The molecule has 33 heavy (non-hydrogen) atoms. The number of rotatable bonds is 12. The number of aliphatic hydroxyl groups excluding tert-OH is 1. The van der Waals surface area contributed by atoms with Crippen LogP contribution in [0.3, 0.4) is 0 Å². The molecular formula is C26H31F2N3O2. The fourth-order valence-corrected chi connectivity index (χ4v) is 3.70. The summed E-state index contributed by atoms with van der Waals surface area (Å²) in [7, 11) is 0. The number of hydrogen-bond donors (Lipinski definition) is 1. The van der Waals surface area contributed by atoms with E-state index in [4.69, 9.17) is 4.74 Å². The van der Waals surface area contributed by atoms with Gasteiger partial charge in [-0.15, -0.1) is 6.58 Å². The molecule has 1 atom stereocenters. The van der Waals surface area contributed by atoms with Crippen molar-refractivity contribution >= 4 is 0 Å². The maximum atomic E-state index is 13.8. The van der Waals surface area contributed by atoms with E-state index in [1.807, 2.05) is 6.92 Å². The summed E-state index contributed by atoms with van der Waals surface area (Å²) in [6, 6.07) is 11.9. The fourth-order valence-electron chi connectivity index (χ4n) is 3.70. The van der Waals surface area contributed by atoms with Crippen LogP contribution in [-0.2, 0) is 6.54 Å². The topological polar surface area (TPSA) is 50.5 Å². The number of allylic oxidation sites excluding steroid dienone is 1. The van der Waals surface area contributed by atoms with Gasteiger partial charge in [-0.25, -0.2) is 13.5 Å². The van der Waals surface area contributed by atoms with Gasteiger partial charge in [0.15, 0.2) is 0 Å². The number of aryl methyl sites for hydroxylation is 1. The van der Waals surface area contributed by atoms with Gasteiger partial charge in [0.2, 0.25) is 5.88 Å². The molecule has 0 spiro atoms. The Morgan fingerprint density at radius 2 is 1.94 bits per heavy atom. The number of ether oxygens (including phenoxy) is 1. The van der Waals surface area contributed by atoms with E-state index >= 15 is 0 Å². The highest BCUT2D eigenvalue weighted by Gasteiger charge is 2.22. The molecule has 0 aliphatic rings. The summed E-state index contributed by atoms with van der Waals surface area (Å²) >= 11 is 0. The van der Waals surface area contributed by atoms with Crippen molar-refractivity contribution in [3.05, 3.63) is 84.1 Å². The van der Waals surface area contributed by atoms with E-state index in [0.717, 1.165) is 30.6 Å². The second-order valence-electron chi connectivity index (χ2n) is 8.07. The molecule has 0 saturated carbocycles. The summed E-state index contributed by atoms with van der Waals surface area (Å²) < 4.78 is 35.1. The van der Waals surface area contributed by atoms with E-state index in [0.29, 0.717) is 36.8 Å². The minimum absolute atomic E-state index is 0.340. The first-order chi connectivity index (χ1) is 15.9. The Balaban J connectivity index is 1.97. The van der Waals surface area contributed by atoms with Crippen molar-refractivity contribution in [2.45, 2.75) is 45.8 Å². The van der Waals surface area contributed by atoms with Gasteiger partial charge in [0.25, 0.3) is 0 Å². The average Bonchev–Trinajstić information content (AvgIpc) is 3.08. The summed E-state index contributed by atoms with van der Waals surface area (Å²) in [5.74, 6) is 0.0219. The molecule has 2 aromatic carbocycles. The first kappa shape index (κ1) is 24.6. The van der Waals surface area contributed by atoms with Crippen LogP contribution in [0.15, 0.2) is 61.2 Å². The van der Waals surface area contributed by atoms with Gasteiger partial charge in [-0.1, -0.05) is 19.1 Å². The van der Waals surface area contributed by atoms with Gasteiger partial charge in [0.1, 0.15) is 17.4 Å². The number of aliphatic hydroxyl groups is 1. The highest BCUT2D eigenvalue weighted by atomic mass is 19.1. The van der Waals surface area contributed by atoms with E-state index in [-0.39, 0.29) is 5.82 Å². The van der Waals surface area contributed by atoms with E-state index in [1.54, 1.807) is 35.0 Å². The molecule has 1 N–H and O–H groups in total. The Morgan fingerprint density at radius 3 is 2.61 bits per heavy atom. The van der Waals surface area contributed by atoms with Crippen molar-refractivity contribution in [2.75, 3.05) is 13.1 Å². The number of nitrogens with zero attached hydrogens (tertiary/aromatic N) is 3. The minimum Gasteiger partial charge on any atom is -0.438 e. The minimum atomic E-state index is -0.477. The number of halogens is 2. The van der Waals surface area contributed by atoms with Crippen LogP contribution in [0.25, 0.3) is 5.69 Å². The highest BCUT2D eigenvalue weighted by molar-refractivity contribution is 5.43. The molecule has 0 amide bonds. The largest absolute Gasteiger partial charge is 0.438 e. The third-order valence-electron chi connectivity index (χ3n) is 5.31. The molecule has 0 unspecified atom stereocenters. The normalized spacial score (nSPS) is 12.2. The van der Waals surface area contributed by atoms with E-state index < -0.39 is 11.9 Å². The predicted molar refractivity (Wildman–Crippen MR) is 126 cm³/mol. The Labute approximate surface area is 193 Å². The molecule has 3 rings (SSSR count). The van der Waals surface area contributed by atoms with Gasteiger partial charge >= 0.3 is 0 Å². The lowest BCUT2D eigenvalue weighted by Crippen LogP contribution is -2.33. The predicted octanol–water partition coefficient (Wildman–Crippen LogP) is 5.79. The third-order valence-corrected chi connectivity index (χ3v) is 5.31. The Kier molecular flexibility index (Phi) is 8.74. The molecular weight excluding hydrogens is 424 g/mol. The van der Waals surface area contributed by atoms with Crippen molar-refractivity contribution in [1.29, 1.82) is 0 Å². The number of hydrogen-bond acceptors (Lipinski definition) is 4. The molecule has 5 nitrogen and oxygen atoms in total. The summed E-state index contributed by atoms with van der Waals surface area (Å²) in [6.45, 7) is 9.47. The summed E-state index contributed by atoms with van der Waals surface area (Å²) in [5.41, 5.74) is 2.20. The first-order valence-corrected chi connectivity index (χ1v) is 11.2. The molecule has 0 aliphatic heterocycles. The summed E-state index contributed by atoms with van der Waals surface area (Å²) in [6.07, 6.45) is 3.63. The third kappa shape index (κ3) is 6.73. The van der Waals surface area contributed by atoms with Gasteiger partial charge in [0, 0.05) is 19.2 Å². The Hall–Kier alpha value is -3.03. The molecule has 176 valence electrons. The zero-order valence-electron chi connectivity index (χ0n) is 19.2. The molecule has 0 saturated heterocycles. The lowest BCUT2D eigenvalue weighted by atomic mass is 10.1. The van der Waals surface area contributed by atoms with E-state index in [1.165, 1.54) is 24.3 Å². The molecule has 0 aliphatic carbocycles. The second-order valence-corrected chi connectivity index (χ2v) is 8.07. The van der Waals surface area contributed by atoms with Crippen molar-refractivity contribution in [2.24, 2.45) is 0 Å². The lowest BCUT2D eigenvalue weighted by molar-refractivity contribution is 0.102.